The first-order valence-corrected chi connectivity index (χ1v) is 7.63. The van der Waals surface area contributed by atoms with Crippen LogP contribution < -0.4 is 5.73 Å². The van der Waals surface area contributed by atoms with Crippen LogP contribution in [0.2, 0.25) is 0 Å². The van der Waals surface area contributed by atoms with Crippen LogP contribution >= 0.6 is 0 Å². The zero-order chi connectivity index (χ0) is 13.9. The molecule has 0 amide bonds. The second kappa shape index (κ2) is 5.90. The Labute approximate surface area is 120 Å². The summed E-state index contributed by atoms with van der Waals surface area (Å²) >= 11 is 0. The van der Waals surface area contributed by atoms with Crippen molar-refractivity contribution in [3.05, 3.63) is 42.1 Å². The fourth-order valence-corrected chi connectivity index (χ4v) is 3.53. The number of para-hydroxylation sites is 1. The van der Waals surface area contributed by atoms with Gasteiger partial charge in [-0.25, -0.2) is 0 Å². The van der Waals surface area contributed by atoms with Crippen molar-refractivity contribution in [3.8, 4) is 0 Å². The van der Waals surface area contributed by atoms with Gasteiger partial charge >= 0.3 is 0 Å². The summed E-state index contributed by atoms with van der Waals surface area (Å²) in [6.45, 7) is 5.30. The minimum atomic E-state index is 0.429. The van der Waals surface area contributed by atoms with E-state index in [1.165, 1.54) is 23.8 Å². The standard InChI is InChI=1S/C17H23N3/c1-2-10-20-11-8-14(12-18)17(20)15-7-3-5-13-6-4-9-19-16(13)15/h3-7,9,14,17H,2,8,10-12,18H2,1H3. The average molecular weight is 269 g/mol. The predicted molar refractivity (Wildman–Crippen MR) is 83.5 cm³/mol. The molecule has 0 saturated carbocycles. The lowest BCUT2D eigenvalue weighted by Gasteiger charge is -2.28. The number of rotatable bonds is 4. The Balaban J connectivity index is 2.07. The third kappa shape index (κ3) is 2.32. The quantitative estimate of drug-likeness (QED) is 0.928. The van der Waals surface area contributed by atoms with Crippen molar-refractivity contribution in [2.45, 2.75) is 25.8 Å². The molecule has 1 aromatic carbocycles. The summed E-state index contributed by atoms with van der Waals surface area (Å²) in [6.07, 6.45) is 4.28. The van der Waals surface area contributed by atoms with E-state index in [2.05, 4.69) is 41.1 Å². The highest BCUT2D eigenvalue weighted by Crippen LogP contribution is 2.39. The summed E-state index contributed by atoms with van der Waals surface area (Å²) in [4.78, 5) is 7.21. The number of hydrogen-bond donors (Lipinski definition) is 1. The molecule has 0 radical (unpaired) electrons. The third-order valence-corrected chi connectivity index (χ3v) is 4.42. The van der Waals surface area contributed by atoms with Crippen LogP contribution in [0.15, 0.2) is 36.5 Å². The molecule has 1 fully saturated rings. The molecule has 2 aromatic rings. The lowest BCUT2D eigenvalue weighted by Crippen LogP contribution is -2.29. The third-order valence-electron chi connectivity index (χ3n) is 4.42. The topological polar surface area (TPSA) is 42.1 Å². The smallest absolute Gasteiger partial charge is 0.0749 e. The molecule has 2 unspecified atom stereocenters. The van der Waals surface area contributed by atoms with E-state index in [1.54, 1.807) is 0 Å². The summed E-state index contributed by atoms with van der Waals surface area (Å²) < 4.78 is 0. The van der Waals surface area contributed by atoms with Crippen molar-refractivity contribution in [2.75, 3.05) is 19.6 Å². The average Bonchev–Trinajstić information content (AvgIpc) is 2.90. The largest absolute Gasteiger partial charge is 0.330 e. The molecule has 2 heterocycles. The lowest BCUT2D eigenvalue weighted by molar-refractivity contribution is 0.232. The maximum absolute atomic E-state index is 6.02. The number of nitrogens with two attached hydrogens (primary N) is 1. The minimum absolute atomic E-state index is 0.429. The molecule has 2 N–H and O–H groups in total. The molecule has 20 heavy (non-hydrogen) atoms. The van der Waals surface area contributed by atoms with Gasteiger partial charge in [-0.2, -0.15) is 0 Å². The zero-order valence-electron chi connectivity index (χ0n) is 12.1. The fraction of sp³-hybridized carbons (Fsp3) is 0.471. The minimum Gasteiger partial charge on any atom is -0.330 e. The van der Waals surface area contributed by atoms with Gasteiger partial charge in [-0.3, -0.25) is 9.88 Å². The zero-order valence-corrected chi connectivity index (χ0v) is 12.1. The second-order valence-corrected chi connectivity index (χ2v) is 5.69. The van der Waals surface area contributed by atoms with Gasteiger partial charge in [0.1, 0.15) is 0 Å². The Morgan fingerprint density at radius 2 is 2.15 bits per heavy atom. The number of fused-ring (bicyclic) bond motifs is 1. The molecular formula is C17H23N3. The van der Waals surface area contributed by atoms with Crippen molar-refractivity contribution in [2.24, 2.45) is 11.7 Å². The molecule has 2 atom stereocenters. The van der Waals surface area contributed by atoms with Gasteiger partial charge < -0.3 is 5.73 Å². The molecule has 3 rings (SSSR count). The molecule has 1 aromatic heterocycles. The summed E-state index contributed by atoms with van der Waals surface area (Å²) in [7, 11) is 0. The number of likely N-dealkylation sites (tertiary alicyclic amines) is 1. The summed E-state index contributed by atoms with van der Waals surface area (Å²) in [5.41, 5.74) is 8.51. The predicted octanol–water partition coefficient (Wildman–Crippen LogP) is 2.97. The highest BCUT2D eigenvalue weighted by Gasteiger charge is 2.34. The highest BCUT2D eigenvalue weighted by atomic mass is 15.2. The van der Waals surface area contributed by atoms with Gasteiger partial charge in [0.05, 0.1) is 5.52 Å². The van der Waals surface area contributed by atoms with E-state index < -0.39 is 0 Å². The van der Waals surface area contributed by atoms with Crippen molar-refractivity contribution >= 4 is 10.9 Å². The number of nitrogens with zero attached hydrogens (tertiary/aromatic N) is 2. The SMILES string of the molecule is CCCN1CCC(CN)C1c1cccc2cccnc12. The molecule has 3 nitrogen and oxygen atoms in total. The monoisotopic (exact) mass is 269 g/mol. The van der Waals surface area contributed by atoms with E-state index in [4.69, 9.17) is 5.73 Å². The van der Waals surface area contributed by atoms with E-state index in [-0.39, 0.29) is 0 Å². The van der Waals surface area contributed by atoms with Crippen molar-refractivity contribution in [1.82, 2.24) is 9.88 Å². The van der Waals surface area contributed by atoms with Gasteiger partial charge in [0, 0.05) is 17.6 Å². The Morgan fingerprint density at radius 1 is 1.30 bits per heavy atom. The van der Waals surface area contributed by atoms with Gasteiger partial charge in [-0.05, 0) is 50.0 Å². The summed E-state index contributed by atoms with van der Waals surface area (Å²) in [6, 6.07) is 11.1. The van der Waals surface area contributed by atoms with E-state index in [0.29, 0.717) is 12.0 Å². The molecule has 3 heteroatoms. The van der Waals surface area contributed by atoms with Crippen LogP contribution in [0, 0.1) is 5.92 Å². The maximum atomic E-state index is 6.02. The lowest BCUT2D eigenvalue weighted by atomic mass is 9.92. The van der Waals surface area contributed by atoms with Gasteiger partial charge in [0.25, 0.3) is 0 Å². The Morgan fingerprint density at radius 3 is 2.95 bits per heavy atom. The first-order valence-electron chi connectivity index (χ1n) is 7.63. The van der Waals surface area contributed by atoms with Gasteiger partial charge in [0.15, 0.2) is 0 Å². The molecule has 0 spiro atoms. The molecular weight excluding hydrogens is 246 g/mol. The van der Waals surface area contributed by atoms with Crippen molar-refractivity contribution in [3.63, 3.8) is 0 Å². The van der Waals surface area contributed by atoms with E-state index in [9.17, 15) is 0 Å². The van der Waals surface area contributed by atoms with Gasteiger partial charge in [-0.1, -0.05) is 31.2 Å². The van der Waals surface area contributed by atoms with E-state index in [1.807, 2.05) is 12.3 Å². The highest BCUT2D eigenvalue weighted by molar-refractivity contribution is 5.82. The van der Waals surface area contributed by atoms with Gasteiger partial charge in [-0.15, -0.1) is 0 Å². The maximum Gasteiger partial charge on any atom is 0.0749 e. The number of hydrogen-bond acceptors (Lipinski definition) is 3. The number of aromatic nitrogens is 1. The Bertz CT molecular complexity index is 576. The first-order chi connectivity index (χ1) is 9.85. The van der Waals surface area contributed by atoms with Crippen LogP contribution in [0.3, 0.4) is 0 Å². The summed E-state index contributed by atoms with van der Waals surface area (Å²) in [5, 5.41) is 1.23. The molecule has 1 saturated heterocycles. The first kappa shape index (κ1) is 13.5. The number of benzene rings is 1. The molecule has 0 aliphatic carbocycles. The van der Waals surface area contributed by atoms with E-state index in [0.717, 1.165) is 25.2 Å². The van der Waals surface area contributed by atoms with Crippen molar-refractivity contribution < 1.29 is 0 Å². The van der Waals surface area contributed by atoms with Crippen LogP contribution in [0.1, 0.15) is 31.4 Å². The van der Waals surface area contributed by atoms with Crippen LogP contribution in [0.25, 0.3) is 10.9 Å². The Hall–Kier alpha value is -1.45. The summed E-state index contributed by atoms with van der Waals surface area (Å²) in [5.74, 6) is 0.550. The van der Waals surface area contributed by atoms with Crippen molar-refractivity contribution in [1.29, 1.82) is 0 Å². The molecule has 1 aliphatic rings. The van der Waals surface area contributed by atoms with Crippen LogP contribution in [0.5, 0.6) is 0 Å². The van der Waals surface area contributed by atoms with Crippen LogP contribution in [0.4, 0.5) is 0 Å². The van der Waals surface area contributed by atoms with Gasteiger partial charge in [0.2, 0.25) is 0 Å². The second-order valence-electron chi connectivity index (χ2n) is 5.69. The Kier molecular flexibility index (Phi) is 3.99. The van der Waals surface area contributed by atoms with Crippen LogP contribution in [-0.4, -0.2) is 29.5 Å². The fourth-order valence-electron chi connectivity index (χ4n) is 3.53. The van der Waals surface area contributed by atoms with E-state index >= 15 is 0 Å². The molecule has 106 valence electrons. The van der Waals surface area contributed by atoms with Crippen LogP contribution in [-0.2, 0) is 0 Å². The number of pyridine rings is 1. The normalized spacial score (nSPS) is 23.5. The molecule has 0 bridgehead atoms. The molecule has 1 aliphatic heterocycles.